The molecule has 0 aromatic heterocycles. The number of ether oxygens (including phenoxy) is 2. The summed E-state index contributed by atoms with van der Waals surface area (Å²) in [6.45, 7) is 30.4. The van der Waals surface area contributed by atoms with Crippen LogP contribution in [-0.2, 0) is 9.47 Å². The summed E-state index contributed by atoms with van der Waals surface area (Å²) in [5, 5.41) is 0. The highest BCUT2D eigenvalue weighted by molar-refractivity contribution is 5.13. The SMILES string of the molecule is CCOCCN1CC2(CCN(C(C)(C)C)CC2C2CC3(CCN2C(C)(C)C)CN(C2COC2)C3)C1. The number of hydrogen-bond acceptors (Lipinski definition) is 6. The third-order valence-corrected chi connectivity index (χ3v) is 10.3. The number of nitrogens with zero attached hydrogens (tertiary/aromatic N) is 4. The van der Waals surface area contributed by atoms with Gasteiger partial charge in [-0.1, -0.05) is 0 Å². The van der Waals surface area contributed by atoms with E-state index in [0.29, 0.717) is 22.9 Å². The summed E-state index contributed by atoms with van der Waals surface area (Å²) in [5.41, 5.74) is 1.48. The van der Waals surface area contributed by atoms with E-state index in [1.54, 1.807) is 0 Å². The zero-order valence-corrected chi connectivity index (χ0v) is 23.9. The Morgan fingerprint density at radius 2 is 1.63 bits per heavy atom. The zero-order valence-electron chi connectivity index (χ0n) is 23.9. The molecule has 6 nitrogen and oxygen atoms in total. The normalized spacial score (nSPS) is 33.0. The molecule has 0 N–H and O–H groups in total. The Hall–Kier alpha value is -0.240. The van der Waals surface area contributed by atoms with E-state index in [0.717, 1.165) is 38.9 Å². The smallest absolute Gasteiger partial charge is 0.0645 e. The van der Waals surface area contributed by atoms with Gasteiger partial charge in [0.2, 0.25) is 0 Å². The average molecular weight is 491 g/mol. The monoisotopic (exact) mass is 490 g/mol. The van der Waals surface area contributed by atoms with Gasteiger partial charge in [-0.2, -0.15) is 0 Å². The summed E-state index contributed by atoms with van der Waals surface area (Å²) >= 11 is 0. The molecular weight excluding hydrogens is 436 g/mol. The summed E-state index contributed by atoms with van der Waals surface area (Å²) in [4.78, 5) is 11.2. The van der Waals surface area contributed by atoms with Gasteiger partial charge in [0.05, 0.1) is 25.9 Å². The van der Waals surface area contributed by atoms with Crippen LogP contribution in [0.15, 0.2) is 0 Å². The fraction of sp³-hybridized carbons (Fsp3) is 1.00. The van der Waals surface area contributed by atoms with Crippen molar-refractivity contribution in [1.82, 2.24) is 19.6 Å². The second-order valence-electron chi connectivity index (χ2n) is 14.7. The average Bonchev–Trinajstić information content (AvgIpc) is 2.68. The second kappa shape index (κ2) is 9.50. The molecule has 5 saturated heterocycles. The number of likely N-dealkylation sites (tertiary alicyclic amines) is 4. The van der Waals surface area contributed by atoms with Gasteiger partial charge < -0.3 is 9.47 Å². The molecule has 35 heavy (non-hydrogen) atoms. The molecule has 5 aliphatic heterocycles. The lowest BCUT2D eigenvalue weighted by Crippen LogP contribution is -2.74. The van der Waals surface area contributed by atoms with Gasteiger partial charge >= 0.3 is 0 Å². The second-order valence-corrected chi connectivity index (χ2v) is 14.7. The molecule has 2 atom stereocenters. The first-order valence-electron chi connectivity index (χ1n) is 14.6. The molecule has 5 rings (SSSR count). The van der Waals surface area contributed by atoms with Crippen molar-refractivity contribution in [3.05, 3.63) is 0 Å². The first kappa shape index (κ1) is 26.4. The third-order valence-electron chi connectivity index (χ3n) is 10.3. The van der Waals surface area contributed by atoms with Crippen LogP contribution in [0.25, 0.3) is 0 Å². The van der Waals surface area contributed by atoms with Crippen LogP contribution in [0, 0.1) is 16.7 Å². The van der Waals surface area contributed by atoms with Crippen molar-refractivity contribution in [3.8, 4) is 0 Å². The Morgan fingerprint density at radius 3 is 2.20 bits per heavy atom. The molecule has 5 aliphatic rings. The van der Waals surface area contributed by atoms with E-state index in [4.69, 9.17) is 9.47 Å². The molecule has 2 spiro atoms. The van der Waals surface area contributed by atoms with Crippen molar-refractivity contribution in [2.24, 2.45) is 16.7 Å². The maximum Gasteiger partial charge on any atom is 0.0645 e. The number of rotatable bonds is 6. The Kier molecular flexibility index (Phi) is 7.16. The quantitative estimate of drug-likeness (QED) is 0.531. The first-order valence-corrected chi connectivity index (χ1v) is 14.6. The lowest BCUT2D eigenvalue weighted by molar-refractivity contribution is -0.186. The van der Waals surface area contributed by atoms with Crippen LogP contribution in [0.2, 0.25) is 0 Å². The van der Waals surface area contributed by atoms with Crippen molar-refractivity contribution in [2.75, 3.05) is 78.8 Å². The molecule has 0 amide bonds. The lowest BCUT2D eigenvalue weighted by atomic mass is 9.57. The van der Waals surface area contributed by atoms with E-state index in [9.17, 15) is 0 Å². The molecule has 0 bridgehead atoms. The molecule has 0 radical (unpaired) electrons. The Labute approximate surface area is 215 Å². The number of hydrogen-bond donors (Lipinski definition) is 0. The van der Waals surface area contributed by atoms with Gasteiger partial charge in [-0.3, -0.25) is 19.6 Å². The molecule has 0 aromatic carbocycles. The van der Waals surface area contributed by atoms with E-state index in [2.05, 4.69) is 68.1 Å². The van der Waals surface area contributed by atoms with Gasteiger partial charge in [0, 0.05) is 68.4 Å². The highest BCUT2D eigenvalue weighted by atomic mass is 16.5. The van der Waals surface area contributed by atoms with E-state index in [1.807, 2.05) is 0 Å². The molecule has 5 heterocycles. The van der Waals surface area contributed by atoms with Gasteiger partial charge in [0.15, 0.2) is 0 Å². The van der Waals surface area contributed by atoms with Crippen LogP contribution >= 0.6 is 0 Å². The molecular formula is C29H54N4O2. The summed E-state index contributed by atoms with van der Waals surface area (Å²) < 4.78 is 11.2. The fourth-order valence-electron chi connectivity index (χ4n) is 8.10. The van der Waals surface area contributed by atoms with Gasteiger partial charge in [-0.25, -0.2) is 0 Å². The molecule has 5 fully saturated rings. The van der Waals surface area contributed by atoms with Crippen molar-refractivity contribution in [1.29, 1.82) is 0 Å². The zero-order chi connectivity index (χ0) is 25.1. The van der Waals surface area contributed by atoms with Crippen molar-refractivity contribution in [3.63, 3.8) is 0 Å². The van der Waals surface area contributed by atoms with E-state index >= 15 is 0 Å². The van der Waals surface area contributed by atoms with Crippen LogP contribution in [0.3, 0.4) is 0 Å². The summed E-state index contributed by atoms with van der Waals surface area (Å²) in [5.74, 6) is 0.747. The van der Waals surface area contributed by atoms with E-state index in [1.165, 1.54) is 65.1 Å². The standard InChI is InChI=1S/C29H54N4O2/c1-8-34-14-13-30-21-29(22-30)10-11-32(26(2,3)4)16-24(29)25-15-28(9-12-33(25)27(5,6)7)19-31(20-28)23-17-35-18-23/h23-25H,8-22H2,1-7H3. The van der Waals surface area contributed by atoms with Crippen molar-refractivity contribution in [2.45, 2.75) is 90.9 Å². The van der Waals surface area contributed by atoms with Crippen molar-refractivity contribution >= 4 is 0 Å². The Morgan fingerprint density at radius 1 is 0.914 bits per heavy atom. The van der Waals surface area contributed by atoms with Crippen LogP contribution < -0.4 is 0 Å². The van der Waals surface area contributed by atoms with E-state index in [-0.39, 0.29) is 11.1 Å². The Bertz CT molecular complexity index is 728. The van der Waals surface area contributed by atoms with Crippen LogP contribution in [-0.4, -0.2) is 122 Å². The van der Waals surface area contributed by atoms with E-state index < -0.39 is 0 Å². The van der Waals surface area contributed by atoms with Crippen LogP contribution in [0.4, 0.5) is 0 Å². The first-order chi connectivity index (χ1) is 16.4. The molecule has 0 saturated carbocycles. The topological polar surface area (TPSA) is 31.4 Å². The molecule has 0 aromatic rings. The summed E-state index contributed by atoms with van der Waals surface area (Å²) in [7, 11) is 0. The predicted octanol–water partition coefficient (Wildman–Crippen LogP) is 3.41. The number of piperidine rings is 2. The predicted molar refractivity (Wildman–Crippen MR) is 143 cm³/mol. The maximum atomic E-state index is 5.70. The molecule has 0 aliphatic carbocycles. The molecule has 2 unspecified atom stereocenters. The van der Waals surface area contributed by atoms with Gasteiger partial charge in [-0.05, 0) is 92.2 Å². The lowest BCUT2D eigenvalue weighted by Gasteiger charge is -2.67. The Balaban J connectivity index is 1.36. The van der Waals surface area contributed by atoms with Crippen LogP contribution in [0.1, 0.15) is 67.7 Å². The molecule has 202 valence electrons. The van der Waals surface area contributed by atoms with Gasteiger partial charge in [0.1, 0.15) is 0 Å². The van der Waals surface area contributed by atoms with Crippen LogP contribution in [0.5, 0.6) is 0 Å². The highest BCUT2D eigenvalue weighted by Crippen LogP contribution is 2.54. The molecule has 6 heteroatoms. The largest absolute Gasteiger partial charge is 0.380 e. The summed E-state index contributed by atoms with van der Waals surface area (Å²) in [6.07, 6.45) is 4.11. The minimum Gasteiger partial charge on any atom is -0.380 e. The van der Waals surface area contributed by atoms with Crippen molar-refractivity contribution < 1.29 is 9.47 Å². The third kappa shape index (κ3) is 5.09. The minimum absolute atomic E-state index is 0.223. The summed E-state index contributed by atoms with van der Waals surface area (Å²) in [6, 6.07) is 1.38. The maximum absolute atomic E-state index is 5.70. The minimum atomic E-state index is 0.223. The van der Waals surface area contributed by atoms with Gasteiger partial charge in [0.25, 0.3) is 0 Å². The highest BCUT2D eigenvalue weighted by Gasteiger charge is 2.59. The van der Waals surface area contributed by atoms with Gasteiger partial charge in [-0.15, -0.1) is 0 Å². The fourth-order valence-corrected chi connectivity index (χ4v) is 8.10.